The zero-order valence-corrected chi connectivity index (χ0v) is 14.2. The van der Waals surface area contributed by atoms with Crippen molar-refractivity contribution < 1.29 is 15.0 Å². The number of aromatic carboxylic acids is 1. The molecule has 0 unspecified atom stereocenters. The summed E-state index contributed by atoms with van der Waals surface area (Å²) in [4.78, 5) is 17.5. The molecule has 0 saturated carbocycles. The first kappa shape index (κ1) is 16.2. The molecule has 2 N–H and O–H groups in total. The van der Waals surface area contributed by atoms with Crippen LogP contribution in [0.3, 0.4) is 0 Å². The van der Waals surface area contributed by atoms with Crippen LogP contribution in [0.4, 0.5) is 0 Å². The maximum absolute atomic E-state index is 11.1. The summed E-state index contributed by atoms with van der Waals surface area (Å²) in [6.07, 6.45) is 2.70. The molecule has 0 radical (unpaired) electrons. The first-order valence-electron chi connectivity index (χ1n) is 7.76. The molecule has 4 aromatic rings. The molecule has 128 valence electrons. The average Bonchev–Trinajstić information content (AvgIpc) is 3.08. The van der Waals surface area contributed by atoms with Gasteiger partial charge in [-0.3, -0.25) is 0 Å². The fourth-order valence-corrected chi connectivity index (χ4v) is 3.44. The Balaban J connectivity index is 1.67. The molecule has 2 aromatic heterocycles. The predicted molar refractivity (Wildman–Crippen MR) is 97.6 cm³/mol. The van der Waals surface area contributed by atoms with Crippen LogP contribution in [0.5, 0.6) is 5.88 Å². The number of hydrogen-bond donors (Lipinski definition) is 2. The summed E-state index contributed by atoms with van der Waals surface area (Å²) in [6, 6.07) is 18.0. The number of benzene rings is 2. The molecule has 0 aliphatic carbocycles. The number of rotatable bonds is 4. The van der Waals surface area contributed by atoms with Gasteiger partial charge in [0.2, 0.25) is 5.88 Å². The van der Waals surface area contributed by atoms with Gasteiger partial charge in [-0.25, -0.2) is 9.78 Å². The molecule has 26 heavy (non-hydrogen) atoms. The molecule has 0 fully saturated rings. The number of carboxylic acid groups (broad SMARTS) is 1. The summed E-state index contributed by atoms with van der Waals surface area (Å²) in [5.41, 5.74) is 1.71. The van der Waals surface area contributed by atoms with E-state index in [0.29, 0.717) is 11.2 Å². The van der Waals surface area contributed by atoms with Crippen molar-refractivity contribution in [2.45, 2.75) is 9.79 Å². The van der Waals surface area contributed by atoms with E-state index in [1.54, 1.807) is 18.0 Å². The lowest BCUT2D eigenvalue weighted by Crippen LogP contribution is -2.03. The van der Waals surface area contributed by atoms with Gasteiger partial charge in [-0.05, 0) is 29.8 Å². The number of carbonyl (C=O) groups is 1. The molecule has 0 amide bonds. The van der Waals surface area contributed by atoms with Crippen molar-refractivity contribution >= 4 is 23.4 Å². The Morgan fingerprint density at radius 2 is 1.65 bits per heavy atom. The summed E-state index contributed by atoms with van der Waals surface area (Å²) in [5, 5.41) is 23.2. The zero-order chi connectivity index (χ0) is 18.1. The number of carboxylic acids is 1. The summed E-state index contributed by atoms with van der Waals surface area (Å²) >= 11 is 1.66. The second-order valence-electron chi connectivity index (χ2n) is 5.53. The minimum atomic E-state index is -1.25. The first-order chi connectivity index (χ1) is 12.6. The van der Waals surface area contributed by atoms with Gasteiger partial charge >= 0.3 is 5.97 Å². The van der Waals surface area contributed by atoms with Crippen molar-refractivity contribution in [1.82, 2.24) is 14.6 Å². The fourth-order valence-electron chi connectivity index (χ4n) is 2.60. The Labute approximate surface area is 152 Å². The van der Waals surface area contributed by atoms with Crippen LogP contribution in [0.15, 0.2) is 76.8 Å². The van der Waals surface area contributed by atoms with Crippen molar-refractivity contribution in [3.63, 3.8) is 0 Å². The van der Waals surface area contributed by atoms with Gasteiger partial charge in [0.25, 0.3) is 0 Å². The number of hydrogen-bond acceptors (Lipinski definition) is 5. The monoisotopic (exact) mass is 363 g/mol. The SMILES string of the molecule is O=C(O)c1cnc2c(-c3ccc(Sc4ccccc4)cc3)cnn2c1O. The third-order valence-electron chi connectivity index (χ3n) is 3.88. The smallest absolute Gasteiger partial charge is 0.342 e. The highest BCUT2D eigenvalue weighted by atomic mass is 32.2. The number of aromatic nitrogens is 3. The second kappa shape index (κ2) is 6.53. The minimum absolute atomic E-state index is 0.290. The second-order valence-corrected chi connectivity index (χ2v) is 6.68. The van der Waals surface area contributed by atoms with Gasteiger partial charge in [0.05, 0.1) is 6.20 Å². The highest BCUT2D eigenvalue weighted by Gasteiger charge is 2.17. The maximum atomic E-state index is 11.1. The summed E-state index contributed by atoms with van der Waals surface area (Å²) in [6.45, 7) is 0. The van der Waals surface area contributed by atoms with Gasteiger partial charge in [-0.15, -0.1) is 0 Å². The molecule has 0 aliphatic heterocycles. The third-order valence-corrected chi connectivity index (χ3v) is 4.89. The molecule has 2 aromatic carbocycles. The lowest BCUT2D eigenvalue weighted by Gasteiger charge is -2.04. The van der Waals surface area contributed by atoms with E-state index in [0.717, 1.165) is 26.1 Å². The van der Waals surface area contributed by atoms with Crippen molar-refractivity contribution in [1.29, 1.82) is 0 Å². The Bertz CT molecular complexity index is 1090. The average molecular weight is 363 g/mol. The van der Waals surface area contributed by atoms with E-state index in [4.69, 9.17) is 5.11 Å². The standard InChI is InChI=1S/C19H13N3O3S/c23-18-16(19(24)25)10-20-17-15(11-21-22(17)18)12-6-8-14(9-7-12)26-13-4-2-1-3-5-13/h1-11,23H,(H,24,25). The van der Waals surface area contributed by atoms with E-state index in [2.05, 4.69) is 22.2 Å². The van der Waals surface area contributed by atoms with Crippen LogP contribution < -0.4 is 0 Å². The van der Waals surface area contributed by atoms with E-state index in [1.807, 2.05) is 42.5 Å². The van der Waals surface area contributed by atoms with Gasteiger partial charge in [-0.1, -0.05) is 42.1 Å². The topological polar surface area (TPSA) is 87.7 Å². The van der Waals surface area contributed by atoms with E-state index in [-0.39, 0.29) is 5.56 Å². The van der Waals surface area contributed by atoms with E-state index in [9.17, 15) is 9.90 Å². The van der Waals surface area contributed by atoms with Gasteiger partial charge in [0.1, 0.15) is 5.56 Å². The zero-order valence-electron chi connectivity index (χ0n) is 13.4. The molecule has 0 spiro atoms. The molecule has 7 heteroatoms. The van der Waals surface area contributed by atoms with E-state index >= 15 is 0 Å². The summed E-state index contributed by atoms with van der Waals surface area (Å²) in [5.74, 6) is -1.69. The molecule has 0 atom stereocenters. The van der Waals surface area contributed by atoms with Crippen LogP contribution in [0.2, 0.25) is 0 Å². The first-order valence-corrected chi connectivity index (χ1v) is 8.57. The van der Waals surface area contributed by atoms with E-state index < -0.39 is 11.8 Å². The van der Waals surface area contributed by atoms with Crippen LogP contribution in [0.25, 0.3) is 16.8 Å². The largest absolute Gasteiger partial charge is 0.493 e. The summed E-state index contributed by atoms with van der Waals surface area (Å²) in [7, 11) is 0. The molecule has 2 heterocycles. The highest BCUT2D eigenvalue weighted by molar-refractivity contribution is 7.99. The Kier molecular flexibility index (Phi) is 4.06. The molecular weight excluding hydrogens is 350 g/mol. The Morgan fingerprint density at radius 3 is 2.35 bits per heavy atom. The highest BCUT2D eigenvalue weighted by Crippen LogP contribution is 2.31. The third kappa shape index (κ3) is 2.89. The Morgan fingerprint density at radius 1 is 0.962 bits per heavy atom. The predicted octanol–water partition coefficient (Wildman–Crippen LogP) is 3.95. The van der Waals surface area contributed by atoms with Crippen LogP contribution in [0, 0.1) is 0 Å². The molecule has 0 bridgehead atoms. The molecule has 6 nitrogen and oxygen atoms in total. The van der Waals surface area contributed by atoms with Gasteiger partial charge in [-0.2, -0.15) is 9.61 Å². The van der Waals surface area contributed by atoms with Crippen LogP contribution >= 0.6 is 11.8 Å². The minimum Gasteiger partial charge on any atom is -0.493 e. The van der Waals surface area contributed by atoms with Crippen LogP contribution in [-0.2, 0) is 0 Å². The maximum Gasteiger partial charge on any atom is 0.342 e. The normalized spacial score (nSPS) is 10.9. The lowest BCUT2D eigenvalue weighted by molar-refractivity contribution is 0.0692. The van der Waals surface area contributed by atoms with Crippen molar-refractivity contribution in [2.24, 2.45) is 0 Å². The van der Waals surface area contributed by atoms with Gasteiger partial charge in [0.15, 0.2) is 5.65 Å². The quantitative estimate of drug-likeness (QED) is 0.571. The van der Waals surface area contributed by atoms with Crippen molar-refractivity contribution in [2.75, 3.05) is 0 Å². The fraction of sp³-hybridized carbons (Fsp3) is 0. The number of nitrogens with zero attached hydrogens (tertiary/aromatic N) is 3. The number of fused-ring (bicyclic) bond motifs is 1. The Hall–Kier alpha value is -3.32. The lowest BCUT2D eigenvalue weighted by atomic mass is 10.1. The summed E-state index contributed by atoms with van der Waals surface area (Å²) < 4.78 is 1.13. The van der Waals surface area contributed by atoms with Gasteiger partial charge < -0.3 is 10.2 Å². The van der Waals surface area contributed by atoms with Crippen molar-refractivity contribution in [3.05, 3.63) is 72.6 Å². The molecule has 0 saturated heterocycles. The molecule has 0 aliphatic rings. The number of aromatic hydroxyl groups is 1. The van der Waals surface area contributed by atoms with Crippen molar-refractivity contribution in [3.8, 4) is 17.0 Å². The van der Waals surface area contributed by atoms with Gasteiger partial charge in [0, 0.05) is 21.6 Å². The molecule has 4 rings (SSSR count). The van der Waals surface area contributed by atoms with E-state index in [1.165, 1.54) is 0 Å². The molecular formula is C19H13N3O3S. The van der Waals surface area contributed by atoms with Crippen LogP contribution in [-0.4, -0.2) is 30.8 Å². The van der Waals surface area contributed by atoms with Crippen LogP contribution in [0.1, 0.15) is 10.4 Å².